The lowest BCUT2D eigenvalue weighted by Crippen LogP contribution is -2.34. The molecular formula is C13H22N4O2. The lowest BCUT2D eigenvalue weighted by Gasteiger charge is -2.30. The van der Waals surface area contributed by atoms with Crippen molar-refractivity contribution in [3.05, 3.63) is 5.89 Å². The first-order chi connectivity index (χ1) is 9.19. The van der Waals surface area contributed by atoms with Crippen molar-refractivity contribution < 1.29 is 9.32 Å². The Bertz CT molecular complexity index is 411. The van der Waals surface area contributed by atoms with E-state index in [-0.39, 0.29) is 5.91 Å². The third-order valence-electron chi connectivity index (χ3n) is 3.62. The van der Waals surface area contributed by atoms with Gasteiger partial charge in [-0.15, -0.1) is 0 Å². The second-order valence-electron chi connectivity index (χ2n) is 5.17. The number of hydrogen-bond donors (Lipinski definition) is 1. The first kappa shape index (κ1) is 13.8. The third-order valence-corrected chi connectivity index (χ3v) is 3.62. The lowest BCUT2D eigenvalue weighted by atomic mass is 9.92. The second-order valence-corrected chi connectivity index (χ2v) is 5.17. The molecule has 6 nitrogen and oxygen atoms in total. The number of hydrogen-bond acceptors (Lipinski definition) is 5. The summed E-state index contributed by atoms with van der Waals surface area (Å²) in [6.45, 7) is 3.94. The highest BCUT2D eigenvalue weighted by Crippen LogP contribution is 2.24. The summed E-state index contributed by atoms with van der Waals surface area (Å²) in [6, 6.07) is 0. The lowest BCUT2D eigenvalue weighted by molar-refractivity contribution is -0.118. The molecule has 1 fully saturated rings. The van der Waals surface area contributed by atoms with Gasteiger partial charge in [0, 0.05) is 25.9 Å². The van der Waals surface area contributed by atoms with Crippen LogP contribution in [0.4, 0.5) is 5.95 Å². The van der Waals surface area contributed by atoms with Crippen molar-refractivity contribution in [2.75, 3.05) is 18.0 Å². The Morgan fingerprint density at radius 2 is 2.21 bits per heavy atom. The van der Waals surface area contributed by atoms with E-state index in [1.807, 2.05) is 0 Å². The van der Waals surface area contributed by atoms with E-state index in [9.17, 15) is 4.79 Å². The summed E-state index contributed by atoms with van der Waals surface area (Å²) in [7, 11) is 0. The number of nitrogens with zero attached hydrogens (tertiary/aromatic N) is 3. The Kier molecular flexibility index (Phi) is 4.76. The van der Waals surface area contributed by atoms with E-state index in [1.165, 1.54) is 0 Å². The summed E-state index contributed by atoms with van der Waals surface area (Å²) in [5.74, 6) is 1.81. The zero-order valence-electron chi connectivity index (χ0n) is 11.5. The Hall–Kier alpha value is -1.59. The van der Waals surface area contributed by atoms with Crippen LogP contribution in [0.1, 0.15) is 44.9 Å². The Morgan fingerprint density at radius 1 is 1.47 bits per heavy atom. The summed E-state index contributed by atoms with van der Waals surface area (Å²) >= 11 is 0. The number of aromatic nitrogens is 2. The molecule has 2 heterocycles. The van der Waals surface area contributed by atoms with Crippen LogP contribution in [-0.2, 0) is 11.2 Å². The highest BCUT2D eigenvalue weighted by atomic mass is 16.5. The fourth-order valence-corrected chi connectivity index (χ4v) is 2.46. The molecule has 0 bridgehead atoms. The van der Waals surface area contributed by atoms with E-state index >= 15 is 0 Å². The van der Waals surface area contributed by atoms with E-state index in [2.05, 4.69) is 22.0 Å². The average Bonchev–Trinajstić information content (AvgIpc) is 2.86. The minimum absolute atomic E-state index is 0.204. The zero-order valence-corrected chi connectivity index (χ0v) is 11.5. The number of amides is 1. The van der Waals surface area contributed by atoms with Crippen LogP contribution >= 0.6 is 0 Å². The van der Waals surface area contributed by atoms with Crippen LogP contribution in [0, 0.1) is 5.92 Å². The maximum absolute atomic E-state index is 10.8. The van der Waals surface area contributed by atoms with E-state index in [1.54, 1.807) is 0 Å². The summed E-state index contributed by atoms with van der Waals surface area (Å²) < 4.78 is 5.20. The molecule has 2 N–H and O–H groups in total. The monoisotopic (exact) mass is 266 g/mol. The van der Waals surface area contributed by atoms with Crippen molar-refractivity contribution in [1.82, 2.24) is 10.1 Å². The van der Waals surface area contributed by atoms with Gasteiger partial charge < -0.3 is 15.2 Å². The predicted octanol–water partition coefficient (Wildman–Crippen LogP) is 1.50. The highest BCUT2D eigenvalue weighted by Gasteiger charge is 2.22. The van der Waals surface area contributed by atoms with E-state index in [0.29, 0.717) is 24.2 Å². The van der Waals surface area contributed by atoms with Gasteiger partial charge >= 0.3 is 0 Å². The molecule has 1 aromatic rings. The summed E-state index contributed by atoms with van der Waals surface area (Å²) in [6.07, 6.45) is 5.36. The fraction of sp³-hybridized carbons (Fsp3) is 0.769. The van der Waals surface area contributed by atoms with Gasteiger partial charge in [0.25, 0.3) is 5.95 Å². The standard InChI is InChI=1S/C13H22N4O2/c1-2-3-12-15-13(16-19-12)17-8-6-10(7-9-17)4-5-11(14)18/h10H,2-9H2,1H3,(H2,14,18). The number of piperidine rings is 1. The van der Waals surface area contributed by atoms with Crippen LogP contribution in [0.5, 0.6) is 0 Å². The van der Waals surface area contributed by atoms with Crippen molar-refractivity contribution in [3.63, 3.8) is 0 Å². The molecule has 1 amide bonds. The molecular weight excluding hydrogens is 244 g/mol. The van der Waals surface area contributed by atoms with Crippen LogP contribution in [0.25, 0.3) is 0 Å². The topological polar surface area (TPSA) is 85.3 Å². The van der Waals surface area contributed by atoms with Gasteiger partial charge in [0.2, 0.25) is 11.8 Å². The molecule has 2 rings (SSSR count). The Labute approximate surface area is 113 Å². The van der Waals surface area contributed by atoms with Gasteiger partial charge in [-0.3, -0.25) is 4.79 Å². The summed E-state index contributed by atoms with van der Waals surface area (Å²) in [5, 5.41) is 4.02. The molecule has 0 radical (unpaired) electrons. The van der Waals surface area contributed by atoms with Crippen molar-refractivity contribution >= 4 is 11.9 Å². The van der Waals surface area contributed by atoms with Crippen LogP contribution in [0.2, 0.25) is 0 Å². The minimum atomic E-state index is -0.204. The number of carbonyl (C=O) groups excluding carboxylic acids is 1. The van der Waals surface area contributed by atoms with Gasteiger partial charge in [0.15, 0.2) is 0 Å². The van der Waals surface area contributed by atoms with E-state index in [4.69, 9.17) is 10.3 Å². The third kappa shape index (κ3) is 3.94. The van der Waals surface area contributed by atoms with Gasteiger partial charge in [-0.2, -0.15) is 4.98 Å². The Balaban J connectivity index is 1.80. The summed E-state index contributed by atoms with van der Waals surface area (Å²) in [5.41, 5.74) is 5.18. The molecule has 0 spiro atoms. The maximum atomic E-state index is 10.8. The van der Waals surface area contributed by atoms with Crippen molar-refractivity contribution in [2.24, 2.45) is 11.7 Å². The molecule has 1 aromatic heterocycles. The van der Waals surface area contributed by atoms with Crippen LogP contribution in [0.15, 0.2) is 4.52 Å². The number of aryl methyl sites for hydroxylation is 1. The SMILES string of the molecule is CCCc1nc(N2CCC(CCC(N)=O)CC2)no1. The van der Waals surface area contributed by atoms with Gasteiger partial charge in [0.05, 0.1) is 0 Å². The average molecular weight is 266 g/mol. The van der Waals surface area contributed by atoms with E-state index < -0.39 is 0 Å². The molecule has 106 valence electrons. The number of carbonyl (C=O) groups is 1. The van der Waals surface area contributed by atoms with Crippen LogP contribution in [0.3, 0.4) is 0 Å². The zero-order chi connectivity index (χ0) is 13.7. The molecule has 1 saturated heterocycles. The van der Waals surface area contributed by atoms with E-state index in [0.717, 1.165) is 45.2 Å². The van der Waals surface area contributed by atoms with Gasteiger partial charge in [0.1, 0.15) is 0 Å². The normalized spacial score (nSPS) is 16.8. The van der Waals surface area contributed by atoms with Crippen molar-refractivity contribution in [1.29, 1.82) is 0 Å². The molecule has 0 saturated carbocycles. The smallest absolute Gasteiger partial charge is 0.266 e. The molecule has 6 heteroatoms. The fourth-order valence-electron chi connectivity index (χ4n) is 2.46. The molecule has 0 atom stereocenters. The quantitative estimate of drug-likeness (QED) is 0.843. The van der Waals surface area contributed by atoms with Crippen LogP contribution in [-0.4, -0.2) is 29.1 Å². The van der Waals surface area contributed by atoms with Gasteiger partial charge in [-0.05, 0) is 36.8 Å². The first-order valence-corrected chi connectivity index (χ1v) is 7.05. The largest absolute Gasteiger partial charge is 0.370 e. The first-order valence-electron chi connectivity index (χ1n) is 7.05. The number of nitrogens with two attached hydrogens (primary N) is 1. The second kappa shape index (κ2) is 6.54. The highest BCUT2D eigenvalue weighted by molar-refractivity contribution is 5.73. The predicted molar refractivity (Wildman–Crippen MR) is 71.7 cm³/mol. The Morgan fingerprint density at radius 3 is 2.84 bits per heavy atom. The molecule has 19 heavy (non-hydrogen) atoms. The maximum Gasteiger partial charge on any atom is 0.266 e. The van der Waals surface area contributed by atoms with Crippen molar-refractivity contribution in [2.45, 2.75) is 45.4 Å². The number of rotatable bonds is 6. The van der Waals surface area contributed by atoms with Crippen molar-refractivity contribution in [3.8, 4) is 0 Å². The number of anilines is 1. The molecule has 1 aliphatic rings. The van der Waals surface area contributed by atoms with Crippen LogP contribution < -0.4 is 10.6 Å². The minimum Gasteiger partial charge on any atom is -0.370 e. The summed E-state index contributed by atoms with van der Waals surface area (Å²) in [4.78, 5) is 17.3. The molecule has 0 unspecified atom stereocenters. The number of primary amides is 1. The van der Waals surface area contributed by atoms with Gasteiger partial charge in [-0.1, -0.05) is 6.92 Å². The molecule has 1 aliphatic heterocycles. The molecule has 0 aliphatic carbocycles. The van der Waals surface area contributed by atoms with Gasteiger partial charge in [-0.25, -0.2) is 0 Å². The molecule has 0 aromatic carbocycles.